The first-order valence-electron chi connectivity index (χ1n) is 10.8. The van der Waals surface area contributed by atoms with Crippen LogP contribution in [0.25, 0.3) is 21.9 Å². The molecule has 1 N–H and O–H groups in total. The Balaban J connectivity index is 1.23. The van der Waals surface area contributed by atoms with Crippen molar-refractivity contribution >= 4 is 37.9 Å². The first kappa shape index (κ1) is 21.3. The van der Waals surface area contributed by atoms with Crippen LogP contribution in [0.2, 0.25) is 0 Å². The number of benzene rings is 2. The lowest BCUT2D eigenvalue weighted by atomic mass is 10.0. The van der Waals surface area contributed by atoms with Crippen LogP contribution in [0.5, 0.6) is 5.75 Å². The second kappa shape index (κ2) is 9.11. The summed E-state index contributed by atoms with van der Waals surface area (Å²) in [7, 11) is 0. The van der Waals surface area contributed by atoms with E-state index in [4.69, 9.17) is 4.74 Å². The Morgan fingerprint density at radius 3 is 2.88 bits per heavy atom. The number of hydrogen-bond donors (Lipinski definition) is 1. The molecule has 32 heavy (non-hydrogen) atoms. The Hall–Kier alpha value is -2.58. The third kappa shape index (κ3) is 4.34. The molecule has 4 aromatic rings. The molecule has 1 aliphatic heterocycles. The number of fused-ring (bicyclic) bond motifs is 3. The van der Waals surface area contributed by atoms with Gasteiger partial charge < -0.3 is 14.6 Å². The molecule has 2 atom stereocenters. The first-order chi connectivity index (χ1) is 15.6. The Bertz CT molecular complexity index is 1260. The van der Waals surface area contributed by atoms with Crippen molar-refractivity contribution in [1.82, 2.24) is 19.9 Å². The van der Waals surface area contributed by atoms with Gasteiger partial charge in [-0.3, -0.25) is 4.98 Å². The Kier molecular flexibility index (Phi) is 6.06. The topological polar surface area (TPSA) is 52.0 Å². The van der Waals surface area contributed by atoms with E-state index in [1.807, 2.05) is 18.5 Å². The summed E-state index contributed by atoms with van der Waals surface area (Å²) in [6, 6.07) is 10.3. The maximum absolute atomic E-state index is 13.8. The molecule has 1 fully saturated rings. The minimum atomic E-state index is -0.909. The number of rotatable bonds is 7. The Morgan fingerprint density at radius 2 is 2.03 bits per heavy atom. The van der Waals surface area contributed by atoms with E-state index in [1.165, 1.54) is 12.1 Å². The molecule has 0 saturated carbocycles. The lowest BCUT2D eigenvalue weighted by Gasteiger charge is -2.16. The summed E-state index contributed by atoms with van der Waals surface area (Å²) in [6.45, 7) is 1.60. The number of pyridine rings is 1. The van der Waals surface area contributed by atoms with Crippen LogP contribution in [0.15, 0.2) is 53.4 Å². The van der Waals surface area contributed by atoms with E-state index >= 15 is 0 Å². The van der Waals surface area contributed by atoms with Gasteiger partial charge in [0.15, 0.2) is 0 Å². The second-order valence-corrected chi connectivity index (χ2v) is 9.04. The Morgan fingerprint density at radius 1 is 1.12 bits per heavy atom. The zero-order valence-electron chi connectivity index (χ0n) is 17.4. The number of unbranched alkanes of at least 4 members (excludes halogenated alkanes) is 1. The van der Waals surface area contributed by atoms with E-state index in [9.17, 15) is 8.78 Å². The number of aryl methyl sites for hydroxylation is 1. The van der Waals surface area contributed by atoms with E-state index in [0.717, 1.165) is 45.8 Å². The Labute approximate surface area is 192 Å². The SMILES string of the molecule is Fc1ccc(OCCCCn2cnc3cnc4ccc(Br)cc4c32)c([C@H]2C[C@H](F)CN2)c1. The van der Waals surface area contributed by atoms with Gasteiger partial charge in [0.2, 0.25) is 0 Å². The average Bonchev–Trinajstić information content (AvgIpc) is 3.40. The van der Waals surface area contributed by atoms with Crippen LogP contribution in [0.1, 0.15) is 30.9 Å². The fraction of sp³-hybridized carbons (Fsp3) is 0.333. The quantitative estimate of drug-likeness (QED) is 0.330. The highest BCUT2D eigenvalue weighted by Crippen LogP contribution is 2.33. The van der Waals surface area contributed by atoms with Gasteiger partial charge in [-0.05, 0) is 55.7 Å². The molecule has 166 valence electrons. The van der Waals surface area contributed by atoms with E-state index in [2.05, 4.69) is 41.8 Å². The van der Waals surface area contributed by atoms with Gasteiger partial charge >= 0.3 is 0 Å². The van der Waals surface area contributed by atoms with Gasteiger partial charge in [-0.1, -0.05) is 15.9 Å². The molecule has 1 saturated heterocycles. The van der Waals surface area contributed by atoms with Crippen molar-refractivity contribution in [3.05, 3.63) is 64.8 Å². The van der Waals surface area contributed by atoms with Crippen LogP contribution >= 0.6 is 15.9 Å². The molecule has 0 radical (unpaired) electrons. The third-order valence-electron chi connectivity index (χ3n) is 5.88. The highest BCUT2D eigenvalue weighted by Gasteiger charge is 2.27. The van der Waals surface area contributed by atoms with E-state index in [-0.39, 0.29) is 11.9 Å². The van der Waals surface area contributed by atoms with Gasteiger partial charge in [0.05, 0.1) is 30.2 Å². The molecule has 5 nitrogen and oxygen atoms in total. The van der Waals surface area contributed by atoms with Gasteiger partial charge in [0, 0.05) is 34.6 Å². The van der Waals surface area contributed by atoms with Crippen molar-refractivity contribution < 1.29 is 13.5 Å². The molecule has 0 aliphatic carbocycles. The van der Waals surface area contributed by atoms with Gasteiger partial charge in [-0.25, -0.2) is 13.8 Å². The fourth-order valence-corrected chi connectivity index (χ4v) is 4.68. The summed E-state index contributed by atoms with van der Waals surface area (Å²) < 4.78 is 36.5. The first-order valence-corrected chi connectivity index (χ1v) is 11.6. The number of hydrogen-bond acceptors (Lipinski definition) is 4. The number of ether oxygens (including phenoxy) is 1. The normalized spacial score (nSPS) is 18.6. The summed E-state index contributed by atoms with van der Waals surface area (Å²) in [5, 5.41) is 4.17. The van der Waals surface area contributed by atoms with Gasteiger partial charge in [-0.15, -0.1) is 0 Å². The summed E-state index contributed by atoms with van der Waals surface area (Å²) in [6.07, 6.45) is 4.81. The molecule has 0 unspecified atom stereocenters. The number of imidazole rings is 1. The second-order valence-electron chi connectivity index (χ2n) is 8.12. The summed E-state index contributed by atoms with van der Waals surface area (Å²) in [4.78, 5) is 8.98. The van der Waals surface area contributed by atoms with Crippen LogP contribution in [0.4, 0.5) is 8.78 Å². The molecular formula is C24H23BrF2N4O. The summed E-state index contributed by atoms with van der Waals surface area (Å²) >= 11 is 3.54. The average molecular weight is 501 g/mol. The summed E-state index contributed by atoms with van der Waals surface area (Å²) in [5.74, 6) is 0.282. The van der Waals surface area contributed by atoms with Gasteiger partial charge in [-0.2, -0.15) is 0 Å². The molecule has 3 heterocycles. The van der Waals surface area contributed by atoms with Gasteiger partial charge in [0.1, 0.15) is 23.3 Å². The predicted molar refractivity (Wildman–Crippen MR) is 124 cm³/mol. The van der Waals surface area contributed by atoms with Crippen molar-refractivity contribution in [3.8, 4) is 5.75 Å². The largest absolute Gasteiger partial charge is 0.493 e. The van der Waals surface area contributed by atoms with Crippen LogP contribution in [0.3, 0.4) is 0 Å². The van der Waals surface area contributed by atoms with E-state index in [1.54, 1.807) is 12.3 Å². The monoisotopic (exact) mass is 500 g/mol. The molecule has 2 aromatic heterocycles. The van der Waals surface area contributed by atoms with Crippen LogP contribution < -0.4 is 10.1 Å². The number of halogens is 3. The number of nitrogens with one attached hydrogen (secondary N) is 1. The zero-order valence-corrected chi connectivity index (χ0v) is 19.0. The predicted octanol–water partition coefficient (Wildman–Crippen LogP) is 5.72. The smallest absolute Gasteiger partial charge is 0.124 e. The van der Waals surface area contributed by atoms with Crippen molar-refractivity contribution in [3.63, 3.8) is 0 Å². The molecule has 2 aromatic carbocycles. The molecule has 0 spiro atoms. The van der Waals surface area contributed by atoms with Crippen LogP contribution in [0, 0.1) is 5.82 Å². The number of aromatic nitrogens is 3. The molecular weight excluding hydrogens is 478 g/mol. The van der Waals surface area contributed by atoms with E-state index < -0.39 is 6.17 Å². The standard InChI is InChI=1S/C24H23BrF2N4O/c25-15-3-5-20-19(9-15)24-22(13-29-20)30-14-31(24)7-1-2-8-32-23-6-4-16(26)10-18(23)21-11-17(27)12-28-21/h3-6,9-10,13-14,17,21,28H,1-2,7-8,11-12H2/t17-,21+/m0/s1. The fourth-order valence-electron chi connectivity index (χ4n) is 4.31. The lowest BCUT2D eigenvalue weighted by molar-refractivity contribution is 0.296. The van der Waals surface area contributed by atoms with Crippen LogP contribution in [-0.2, 0) is 6.54 Å². The van der Waals surface area contributed by atoms with Crippen molar-refractivity contribution in [2.45, 2.75) is 38.0 Å². The third-order valence-corrected chi connectivity index (χ3v) is 6.37. The lowest BCUT2D eigenvalue weighted by Crippen LogP contribution is -2.15. The van der Waals surface area contributed by atoms with Crippen LogP contribution in [-0.4, -0.2) is 33.9 Å². The zero-order chi connectivity index (χ0) is 22.1. The van der Waals surface area contributed by atoms with Crippen molar-refractivity contribution in [1.29, 1.82) is 0 Å². The van der Waals surface area contributed by atoms with E-state index in [0.29, 0.717) is 30.9 Å². The molecule has 5 rings (SSSR count). The molecule has 8 heteroatoms. The molecule has 0 amide bonds. The maximum Gasteiger partial charge on any atom is 0.124 e. The van der Waals surface area contributed by atoms with Crippen molar-refractivity contribution in [2.75, 3.05) is 13.2 Å². The minimum absolute atomic E-state index is 0.214. The van der Waals surface area contributed by atoms with Crippen molar-refractivity contribution in [2.24, 2.45) is 0 Å². The molecule has 1 aliphatic rings. The van der Waals surface area contributed by atoms with Gasteiger partial charge in [0.25, 0.3) is 0 Å². The number of nitrogens with zero attached hydrogens (tertiary/aromatic N) is 3. The highest BCUT2D eigenvalue weighted by atomic mass is 79.9. The maximum atomic E-state index is 13.8. The minimum Gasteiger partial charge on any atom is -0.493 e. The highest BCUT2D eigenvalue weighted by molar-refractivity contribution is 9.10. The number of alkyl halides is 1. The summed E-state index contributed by atoms with van der Waals surface area (Å²) in [5.41, 5.74) is 3.57. The molecule has 0 bridgehead atoms.